The molecule has 0 saturated carbocycles. The number of morpholine rings is 1. The van der Waals surface area contributed by atoms with E-state index in [1.165, 1.54) is 16.7 Å². The monoisotopic (exact) mass is 445 g/mol. The first-order valence-electron chi connectivity index (χ1n) is 10.0. The molecule has 5 heterocycles. The number of ether oxygens (including phenoxy) is 1. The van der Waals surface area contributed by atoms with Gasteiger partial charge in [0.2, 0.25) is 0 Å². The predicted molar refractivity (Wildman–Crippen MR) is 112 cm³/mol. The van der Waals surface area contributed by atoms with Gasteiger partial charge in [0.1, 0.15) is 17.2 Å². The number of nitrogens with zero attached hydrogens (tertiary/aromatic N) is 6. The summed E-state index contributed by atoms with van der Waals surface area (Å²) < 4.78 is 45.9. The lowest BCUT2D eigenvalue weighted by molar-refractivity contribution is -0.137. The summed E-state index contributed by atoms with van der Waals surface area (Å²) in [5.74, 6) is 1.04. The summed E-state index contributed by atoms with van der Waals surface area (Å²) in [6.45, 7) is 5.95. The number of rotatable bonds is 2. The Balaban J connectivity index is 0.000000354. The van der Waals surface area contributed by atoms with E-state index in [2.05, 4.69) is 30.0 Å². The van der Waals surface area contributed by atoms with Crippen LogP contribution in [0.15, 0.2) is 49.1 Å². The van der Waals surface area contributed by atoms with E-state index >= 15 is 0 Å². The summed E-state index contributed by atoms with van der Waals surface area (Å²) in [6, 6.07) is 6.05. The van der Waals surface area contributed by atoms with E-state index in [-0.39, 0.29) is 6.10 Å². The molecule has 4 aromatic rings. The van der Waals surface area contributed by atoms with Crippen LogP contribution in [0, 0.1) is 6.92 Å². The number of aromatic amines is 1. The molecule has 0 amide bonds. The minimum Gasteiger partial charge on any atom is -0.375 e. The van der Waals surface area contributed by atoms with Gasteiger partial charge in [-0.2, -0.15) is 18.3 Å². The highest BCUT2D eigenvalue weighted by molar-refractivity contribution is 5.59. The lowest BCUT2D eigenvalue weighted by Gasteiger charge is -2.32. The number of aryl methyl sites for hydroxylation is 1. The van der Waals surface area contributed by atoms with Crippen LogP contribution in [-0.4, -0.2) is 55.4 Å². The maximum atomic E-state index is 13.0. The summed E-state index contributed by atoms with van der Waals surface area (Å²) in [5, 5.41) is 6.45. The van der Waals surface area contributed by atoms with Gasteiger partial charge in [-0.25, -0.2) is 15.0 Å². The van der Waals surface area contributed by atoms with Crippen LogP contribution in [0.25, 0.3) is 17.2 Å². The third kappa shape index (κ3) is 4.88. The van der Waals surface area contributed by atoms with Crippen LogP contribution in [0.1, 0.15) is 18.2 Å². The van der Waals surface area contributed by atoms with Gasteiger partial charge < -0.3 is 9.64 Å². The van der Waals surface area contributed by atoms with Crippen LogP contribution >= 0.6 is 0 Å². The number of fused-ring (bicyclic) bond motifs is 1. The standard InChI is InChI=1S/C17H16F3N5O.C4H6N2/c1-11-9-24(6-7-26-11)15-4-5-21-16(23-15)13-8-22-14-3-2-12(10-25(13)14)17(18,19)20;1-4-2-3-5-6-4/h2-5,8,10-11H,6-7,9H2,1H3;2-3H,1H3,(H,5,6). The Hall–Kier alpha value is -3.47. The number of hydrogen-bond acceptors (Lipinski definition) is 6. The number of nitrogens with one attached hydrogen (secondary N) is 1. The molecule has 32 heavy (non-hydrogen) atoms. The Morgan fingerprint density at radius 2 is 1.97 bits per heavy atom. The average Bonchev–Trinajstić information content (AvgIpc) is 3.42. The quantitative estimate of drug-likeness (QED) is 0.506. The number of halogens is 3. The Morgan fingerprint density at radius 3 is 2.62 bits per heavy atom. The first-order chi connectivity index (χ1) is 15.3. The summed E-state index contributed by atoms with van der Waals surface area (Å²) in [6.07, 6.45) is 1.50. The number of alkyl halides is 3. The van der Waals surface area contributed by atoms with E-state index in [9.17, 15) is 13.2 Å². The van der Waals surface area contributed by atoms with Crippen LogP contribution in [0.5, 0.6) is 0 Å². The molecule has 1 atom stereocenters. The van der Waals surface area contributed by atoms with Gasteiger partial charge in [-0.05, 0) is 38.1 Å². The topological polar surface area (TPSA) is 84.2 Å². The fourth-order valence-electron chi connectivity index (χ4n) is 3.31. The Labute approximate surface area is 182 Å². The lowest BCUT2D eigenvalue weighted by Crippen LogP contribution is -2.41. The van der Waals surface area contributed by atoms with Crippen molar-refractivity contribution in [2.45, 2.75) is 26.1 Å². The van der Waals surface area contributed by atoms with Gasteiger partial charge in [0.15, 0.2) is 5.82 Å². The first-order valence-corrected chi connectivity index (χ1v) is 10.0. The Morgan fingerprint density at radius 1 is 1.12 bits per heavy atom. The van der Waals surface area contributed by atoms with E-state index < -0.39 is 11.7 Å². The smallest absolute Gasteiger partial charge is 0.375 e. The van der Waals surface area contributed by atoms with E-state index in [1.54, 1.807) is 18.5 Å². The molecule has 5 rings (SSSR count). The van der Waals surface area contributed by atoms with Crippen molar-refractivity contribution in [3.63, 3.8) is 0 Å². The van der Waals surface area contributed by atoms with E-state index in [1.807, 2.05) is 19.9 Å². The second-order valence-electron chi connectivity index (χ2n) is 7.39. The van der Waals surface area contributed by atoms with E-state index in [0.29, 0.717) is 42.7 Å². The van der Waals surface area contributed by atoms with Gasteiger partial charge in [-0.1, -0.05) is 0 Å². The molecule has 1 fully saturated rings. The maximum absolute atomic E-state index is 13.0. The molecular formula is C21H22F3N7O. The number of pyridine rings is 1. The number of anilines is 1. The van der Waals surface area contributed by atoms with Crippen molar-refractivity contribution in [3.8, 4) is 11.5 Å². The summed E-state index contributed by atoms with van der Waals surface area (Å²) >= 11 is 0. The zero-order valence-electron chi connectivity index (χ0n) is 17.5. The molecular weight excluding hydrogens is 423 g/mol. The Kier molecular flexibility index (Phi) is 6.08. The van der Waals surface area contributed by atoms with Gasteiger partial charge in [-0.15, -0.1) is 0 Å². The fourth-order valence-corrected chi connectivity index (χ4v) is 3.31. The number of imidazole rings is 1. The average molecular weight is 445 g/mol. The van der Waals surface area contributed by atoms with Crippen molar-refractivity contribution < 1.29 is 17.9 Å². The largest absolute Gasteiger partial charge is 0.417 e. The summed E-state index contributed by atoms with van der Waals surface area (Å²) in [5.41, 5.74) is 1.17. The second kappa shape index (κ2) is 8.95. The van der Waals surface area contributed by atoms with Gasteiger partial charge in [0.05, 0.1) is 24.5 Å². The van der Waals surface area contributed by atoms with Crippen molar-refractivity contribution in [1.82, 2.24) is 29.5 Å². The SMILES string of the molecule is CC1CN(c2ccnc(-c3cnc4ccc(C(F)(F)F)cn34)n2)CCO1.Cc1ccn[nH]1. The van der Waals surface area contributed by atoms with Gasteiger partial charge in [0.25, 0.3) is 0 Å². The molecule has 1 aliphatic rings. The van der Waals surface area contributed by atoms with Crippen molar-refractivity contribution >= 4 is 11.5 Å². The summed E-state index contributed by atoms with van der Waals surface area (Å²) in [7, 11) is 0. The third-order valence-electron chi connectivity index (χ3n) is 4.91. The lowest BCUT2D eigenvalue weighted by atomic mass is 10.2. The molecule has 1 unspecified atom stereocenters. The molecule has 168 valence electrons. The third-order valence-corrected chi connectivity index (χ3v) is 4.91. The van der Waals surface area contributed by atoms with Gasteiger partial charge in [0, 0.05) is 37.4 Å². The van der Waals surface area contributed by atoms with Crippen molar-refractivity contribution in [3.05, 3.63) is 60.3 Å². The van der Waals surface area contributed by atoms with Crippen molar-refractivity contribution in [2.75, 3.05) is 24.6 Å². The highest BCUT2D eigenvalue weighted by Crippen LogP contribution is 2.30. The molecule has 8 nitrogen and oxygen atoms in total. The molecule has 11 heteroatoms. The number of H-pyrrole nitrogens is 1. The zero-order valence-corrected chi connectivity index (χ0v) is 17.5. The summed E-state index contributed by atoms with van der Waals surface area (Å²) in [4.78, 5) is 15.0. The molecule has 0 aliphatic carbocycles. The number of aromatic nitrogens is 6. The Bertz CT molecular complexity index is 1170. The second-order valence-corrected chi connectivity index (χ2v) is 7.39. The highest BCUT2D eigenvalue weighted by Gasteiger charge is 2.31. The highest BCUT2D eigenvalue weighted by atomic mass is 19.4. The normalized spacial score (nSPS) is 16.7. The molecule has 1 saturated heterocycles. The van der Waals surface area contributed by atoms with Gasteiger partial charge >= 0.3 is 6.18 Å². The maximum Gasteiger partial charge on any atom is 0.417 e. The molecule has 0 radical (unpaired) electrons. The van der Waals surface area contributed by atoms with Crippen LogP contribution < -0.4 is 4.90 Å². The van der Waals surface area contributed by atoms with Crippen molar-refractivity contribution in [1.29, 1.82) is 0 Å². The minimum atomic E-state index is -4.43. The molecule has 4 aromatic heterocycles. The van der Waals surface area contributed by atoms with Crippen LogP contribution in [-0.2, 0) is 10.9 Å². The molecule has 0 bridgehead atoms. The van der Waals surface area contributed by atoms with E-state index in [4.69, 9.17) is 4.74 Å². The molecule has 1 N–H and O–H groups in total. The molecule has 0 aromatic carbocycles. The van der Waals surface area contributed by atoms with Crippen molar-refractivity contribution in [2.24, 2.45) is 0 Å². The number of hydrogen-bond donors (Lipinski definition) is 1. The minimum absolute atomic E-state index is 0.0901. The zero-order chi connectivity index (χ0) is 22.7. The molecule has 0 spiro atoms. The first kappa shape index (κ1) is 21.8. The fraction of sp³-hybridized carbons (Fsp3) is 0.333. The van der Waals surface area contributed by atoms with E-state index in [0.717, 1.165) is 18.0 Å². The predicted octanol–water partition coefficient (Wildman–Crippen LogP) is 3.75. The van der Waals surface area contributed by atoms with Gasteiger partial charge in [-0.3, -0.25) is 9.50 Å². The van der Waals surface area contributed by atoms with Crippen LogP contribution in [0.3, 0.4) is 0 Å². The van der Waals surface area contributed by atoms with Crippen LogP contribution in [0.2, 0.25) is 0 Å². The van der Waals surface area contributed by atoms with Crippen LogP contribution in [0.4, 0.5) is 19.0 Å². The molecule has 1 aliphatic heterocycles.